The topological polar surface area (TPSA) is 111 Å². The molecular weight excluding hydrogens is 326 g/mol. The van der Waals surface area contributed by atoms with E-state index in [9.17, 15) is 14.9 Å². The van der Waals surface area contributed by atoms with Crippen molar-refractivity contribution in [3.05, 3.63) is 38.3 Å². The van der Waals surface area contributed by atoms with E-state index >= 15 is 0 Å². The Balaban J connectivity index is 2.29. The third kappa shape index (κ3) is 2.65. The van der Waals surface area contributed by atoms with Crippen molar-refractivity contribution < 1.29 is 9.72 Å². The number of rotatable bonds is 3. The van der Waals surface area contributed by atoms with Crippen LogP contribution in [0.15, 0.2) is 22.7 Å². The van der Waals surface area contributed by atoms with Crippen LogP contribution in [-0.4, -0.2) is 25.6 Å². The zero-order valence-corrected chi connectivity index (χ0v) is 10.9. The highest BCUT2D eigenvalue weighted by Gasteiger charge is 2.16. The number of amides is 1. The number of nitrogens with one attached hydrogen (secondary N) is 1. The van der Waals surface area contributed by atoms with Gasteiger partial charge in [-0.3, -0.25) is 20.2 Å². The molecule has 1 aromatic carbocycles. The molecule has 0 bridgehead atoms. The molecule has 0 unspecified atom stereocenters. The smallest absolute Gasteiger partial charge is 0.270 e. The zero-order valence-electron chi connectivity index (χ0n) is 8.53. The van der Waals surface area contributed by atoms with Gasteiger partial charge in [-0.1, -0.05) is 9.59 Å². The Morgan fingerprint density at radius 1 is 1.50 bits per heavy atom. The normalized spacial score (nSPS) is 10.1. The Labute approximate surface area is 112 Å². The number of hydrogen-bond donors (Lipinski definition) is 1. The molecule has 2 rings (SSSR count). The lowest BCUT2D eigenvalue weighted by molar-refractivity contribution is -0.384. The Morgan fingerprint density at radius 3 is 2.89 bits per heavy atom. The number of halogens is 1. The molecule has 8 nitrogen and oxygen atoms in total. The Bertz CT molecular complexity index is 603. The first-order chi connectivity index (χ1) is 8.58. The quantitative estimate of drug-likeness (QED) is 0.679. The molecule has 0 radical (unpaired) electrons. The van der Waals surface area contributed by atoms with Gasteiger partial charge in [-0.05, 0) is 27.2 Å². The molecule has 0 fully saturated rings. The third-order valence-electron chi connectivity index (χ3n) is 1.93. The predicted octanol–water partition coefficient (Wildman–Crippen LogP) is 1.86. The molecule has 0 spiro atoms. The number of non-ortho nitro benzene ring substituents is 1. The molecule has 0 aliphatic heterocycles. The summed E-state index contributed by atoms with van der Waals surface area (Å²) in [5, 5.41) is 20.2. The lowest BCUT2D eigenvalue weighted by atomic mass is 10.2. The maximum atomic E-state index is 11.9. The molecular formula is C8H4BrN5O3S. The van der Waals surface area contributed by atoms with Crippen molar-refractivity contribution in [3.8, 4) is 0 Å². The monoisotopic (exact) mass is 329 g/mol. The number of benzene rings is 1. The van der Waals surface area contributed by atoms with Crippen LogP contribution in [0.1, 0.15) is 10.4 Å². The lowest BCUT2D eigenvalue weighted by Gasteiger charge is -2.03. The maximum Gasteiger partial charge on any atom is 0.270 e. The van der Waals surface area contributed by atoms with Crippen molar-refractivity contribution >= 4 is 44.2 Å². The summed E-state index contributed by atoms with van der Waals surface area (Å²) in [4.78, 5) is 21.9. The number of nitrogens with zero attached hydrogens (tertiary/aromatic N) is 4. The van der Waals surface area contributed by atoms with Gasteiger partial charge in [-0.25, -0.2) is 0 Å². The molecule has 10 heteroatoms. The van der Waals surface area contributed by atoms with Crippen LogP contribution in [0.5, 0.6) is 0 Å². The van der Waals surface area contributed by atoms with Crippen LogP contribution in [-0.2, 0) is 0 Å². The molecule has 1 N–H and O–H groups in total. The second-order valence-corrected chi connectivity index (χ2v) is 4.63. The van der Waals surface area contributed by atoms with Crippen molar-refractivity contribution in [2.24, 2.45) is 0 Å². The van der Waals surface area contributed by atoms with E-state index in [2.05, 4.69) is 36.0 Å². The van der Waals surface area contributed by atoms with E-state index < -0.39 is 10.8 Å². The van der Waals surface area contributed by atoms with E-state index in [1.807, 2.05) is 0 Å². The van der Waals surface area contributed by atoms with E-state index in [1.54, 1.807) is 0 Å². The molecule has 0 saturated heterocycles. The van der Waals surface area contributed by atoms with Crippen LogP contribution in [0.4, 0.5) is 10.8 Å². The van der Waals surface area contributed by atoms with E-state index in [-0.39, 0.29) is 16.4 Å². The van der Waals surface area contributed by atoms with Crippen LogP contribution in [0.2, 0.25) is 0 Å². The molecule has 2 aromatic rings. The number of aromatic nitrogens is 3. The molecule has 92 valence electrons. The van der Waals surface area contributed by atoms with E-state index in [4.69, 9.17) is 0 Å². The number of carbonyl (C=O) groups is 1. The van der Waals surface area contributed by atoms with Gasteiger partial charge in [0, 0.05) is 28.1 Å². The van der Waals surface area contributed by atoms with Crippen molar-refractivity contribution in [2.75, 3.05) is 5.32 Å². The van der Waals surface area contributed by atoms with Gasteiger partial charge in [0.1, 0.15) is 0 Å². The average Bonchev–Trinajstić information content (AvgIpc) is 2.81. The van der Waals surface area contributed by atoms with Crippen molar-refractivity contribution in [1.82, 2.24) is 14.8 Å². The van der Waals surface area contributed by atoms with Crippen LogP contribution >= 0.6 is 27.5 Å². The first-order valence-corrected chi connectivity index (χ1v) is 6.05. The minimum atomic E-state index is -0.574. The molecule has 1 aromatic heterocycles. The van der Waals surface area contributed by atoms with Crippen molar-refractivity contribution in [3.63, 3.8) is 0 Å². The Hall–Kier alpha value is -1.94. The fraction of sp³-hybridized carbons (Fsp3) is 0. The number of anilines is 1. The van der Waals surface area contributed by atoms with Gasteiger partial charge in [-0.2, -0.15) is 0 Å². The summed E-state index contributed by atoms with van der Waals surface area (Å²) in [6.45, 7) is 0. The average molecular weight is 330 g/mol. The second-order valence-electron chi connectivity index (χ2n) is 3.04. The number of nitro benzene ring substituents is 1. The molecule has 0 saturated carbocycles. The highest BCUT2D eigenvalue weighted by Crippen LogP contribution is 2.23. The first-order valence-electron chi connectivity index (χ1n) is 4.48. The van der Waals surface area contributed by atoms with Crippen molar-refractivity contribution in [1.29, 1.82) is 0 Å². The Morgan fingerprint density at radius 2 is 2.28 bits per heavy atom. The van der Waals surface area contributed by atoms with E-state index in [1.165, 1.54) is 18.2 Å². The van der Waals surface area contributed by atoms with Gasteiger partial charge in [-0.15, -0.1) is 0 Å². The summed E-state index contributed by atoms with van der Waals surface area (Å²) < 4.78 is 3.93. The summed E-state index contributed by atoms with van der Waals surface area (Å²) >= 11 is 4.06. The number of hydrogen-bond acceptors (Lipinski definition) is 7. The SMILES string of the molecule is O=C(Nc1nnns1)c1cc([N+](=O)[O-])ccc1Br. The molecule has 0 atom stereocenters. The standard InChI is InChI=1S/C8H4BrN5O3S/c9-6-2-1-4(14(16)17)3-5(6)7(15)10-8-11-12-13-18-8/h1-3H,(H,10,11,13,15). The fourth-order valence-electron chi connectivity index (χ4n) is 1.15. The fourth-order valence-corrected chi connectivity index (χ4v) is 1.94. The van der Waals surface area contributed by atoms with Gasteiger partial charge in [0.05, 0.1) is 10.5 Å². The molecule has 1 amide bonds. The lowest BCUT2D eigenvalue weighted by Crippen LogP contribution is -2.12. The van der Waals surface area contributed by atoms with Crippen LogP contribution in [0, 0.1) is 10.1 Å². The van der Waals surface area contributed by atoms with Gasteiger partial charge >= 0.3 is 0 Å². The highest BCUT2D eigenvalue weighted by atomic mass is 79.9. The third-order valence-corrected chi connectivity index (χ3v) is 3.13. The number of carbonyl (C=O) groups excluding carboxylic acids is 1. The van der Waals surface area contributed by atoms with E-state index in [0.29, 0.717) is 4.47 Å². The van der Waals surface area contributed by atoms with Gasteiger partial charge in [0.2, 0.25) is 5.13 Å². The second kappa shape index (κ2) is 5.14. The highest BCUT2D eigenvalue weighted by molar-refractivity contribution is 9.10. The van der Waals surface area contributed by atoms with Gasteiger partial charge in [0.15, 0.2) is 0 Å². The predicted molar refractivity (Wildman–Crippen MR) is 66.5 cm³/mol. The first kappa shape index (κ1) is 12.5. The minimum Gasteiger partial charge on any atom is -0.295 e. The molecule has 18 heavy (non-hydrogen) atoms. The van der Waals surface area contributed by atoms with Crippen molar-refractivity contribution in [2.45, 2.75) is 0 Å². The summed E-state index contributed by atoms with van der Waals surface area (Å²) in [5.74, 6) is -0.524. The zero-order chi connectivity index (χ0) is 13.1. The molecule has 1 heterocycles. The van der Waals surface area contributed by atoms with Crippen LogP contribution in [0.25, 0.3) is 0 Å². The summed E-state index contributed by atoms with van der Waals surface area (Å²) in [7, 11) is 0. The maximum absolute atomic E-state index is 11.9. The van der Waals surface area contributed by atoms with Crippen LogP contribution in [0.3, 0.4) is 0 Å². The van der Waals surface area contributed by atoms with Gasteiger partial charge < -0.3 is 0 Å². The molecule has 0 aliphatic carbocycles. The van der Waals surface area contributed by atoms with Gasteiger partial charge in [0.25, 0.3) is 11.6 Å². The Kier molecular flexibility index (Phi) is 3.58. The summed E-state index contributed by atoms with van der Waals surface area (Å²) in [6, 6.07) is 3.91. The largest absolute Gasteiger partial charge is 0.295 e. The summed E-state index contributed by atoms with van der Waals surface area (Å²) in [5.41, 5.74) is -0.0295. The summed E-state index contributed by atoms with van der Waals surface area (Å²) in [6.07, 6.45) is 0. The number of nitro groups is 1. The van der Waals surface area contributed by atoms with E-state index in [0.717, 1.165) is 11.5 Å². The molecule has 0 aliphatic rings. The minimum absolute atomic E-state index is 0.138. The van der Waals surface area contributed by atoms with Crippen LogP contribution < -0.4 is 5.32 Å².